The number of aromatic nitrogens is 2. The van der Waals surface area contributed by atoms with Crippen molar-refractivity contribution in [2.24, 2.45) is 0 Å². The van der Waals surface area contributed by atoms with E-state index in [2.05, 4.69) is 45.6 Å². The Morgan fingerprint density at radius 3 is 2.87 bits per heavy atom. The van der Waals surface area contributed by atoms with Crippen LogP contribution >= 0.6 is 0 Å². The van der Waals surface area contributed by atoms with Gasteiger partial charge in [0.25, 0.3) is 0 Å². The molecule has 2 atom stereocenters. The van der Waals surface area contributed by atoms with Crippen molar-refractivity contribution in [1.82, 2.24) is 20.2 Å². The van der Waals surface area contributed by atoms with Gasteiger partial charge >= 0.3 is 0 Å². The van der Waals surface area contributed by atoms with Gasteiger partial charge in [0.1, 0.15) is 11.5 Å². The Hall–Kier alpha value is -2.99. The van der Waals surface area contributed by atoms with E-state index in [1.54, 1.807) is 6.20 Å². The summed E-state index contributed by atoms with van der Waals surface area (Å²) in [5.41, 5.74) is 3.34. The summed E-state index contributed by atoms with van der Waals surface area (Å²) in [6, 6.07) is 14.5. The maximum atomic E-state index is 13.1. The van der Waals surface area contributed by atoms with Crippen LogP contribution < -0.4 is 5.32 Å². The van der Waals surface area contributed by atoms with Crippen molar-refractivity contribution in [1.29, 1.82) is 0 Å². The number of carbonyl (C=O) groups excluding carboxylic acids is 1. The number of rotatable bonds is 5. The normalized spacial score (nSPS) is 20.9. The molecule has 0 radical (unpaired) electrons. The second-order valence-corrected chi connectivity index (χ2v) is 8.11. The van der Waals surface area contributed by atoms with Crippen molar-refractivity contribution in [3.63, 3.8) is 0 Å². The molecule has 0 unspecified atom stereocenters. The smallest absolute Gasteiger partial charge is 0.240 e. The third-order valence-electron chi connectivity index (χ3n) is 6.08. The van der Waals surface area contributed by atoms with Crippen LogP contribution in [0.25, 0.3) is 0 Å². The summed E-state index contributed by atoms with van der Waals surface area (Å²) >= 11 is 0. The zero-order valence-corrected chi connectivity index (χ0v) is 17.0. The Bertz CT molecular complexity index is 1000. The molecule has 0 saturated carbocycles. The summed E-state index contributed by atoms with van der Waals surface area (Å²) in [7, 11) is 0. The number of fused-ring (bicyclic) bond motifs is 1. The standard InChI is InChI=1S/C24H26N4O2/c29-24(20-10-9-19(26-20)18-6-2-1-3-7-18)28-14-12-22-21(16-28)27-23(30-22)11-8-17-5-4-13-25-15-17/h1-7,13,15,19-20,26H,8-12,14,16H2/t19-,20-/m1/s1. The van der Waals surface area contributed by atoms with Gasteiger partial charge in [-0.15, -0.1) is 0 Å². The van der Waals surface area contributed by atoms with Crippen LogP contribution in [-0.2, 0) is 30.6 Å². The first-order chi connectivity index (χ1) is 14.8. The topological polar surface area (TPSA) is 71.3 Å². The number of carbonyl (C=O) groups is 1. The zero-order valence-electron chi connectivity index (χ0n) is 17.0. The van der Waals surface area contributed by atoms with Gasteiger partial charge in [0.15, 0.2) is 5.89 Å². The second kappa shape index (κ2) is 8.40. The Labute approximate surface area is 176 Å². The number of aryl methyl sites for hydroxylation is 2. The van der Waals surface area contributed by atoms with E-state index in [4.69, 9.17) is 4.42 Å². The van der Waals surface area contributed by atoms with Gasteiger partial charge in [-0.05, 0) is 36.5 Å². The van der Waals surface area contributed by atoms with Crippen LogP contribution in [0.3, 0.4) is 0 Å². The minimum atomic E-state index is -0.117. The third kappa shape index (κ3) is 4.00. The number of nitrogens with zero attached hydrogens (tertiary/aromatic N) is 3. The number of nitrogens with one attached hydrogen (secondary N) is 1. The van der Waals surface area contributed by atoms with E-state index in [0.717, 1.165) is 49.4 Å². The Morgan fingerprint density at radius 2 is 2.03 bits per heavy atom. The Morgan fingerprint density at radius 1 is 1.13 bits per heavy atom. The average molecular weight is 402 g/mol. The molecule has 5 rings (SSSR count). The molecule has 0 spiro atoms. The number of hydrogen-bond acceptors (Lipinski definition) is 5. The molecule has 0 bridgehead atoms. The van der Waals surface area contributed by atoms with Crippen LogP contribution in [0.4, 0.5) is 0 Å². The highest BCUT2D eigenvalue weighted by Crippen LogP contribution is 2.28. The van der Waals surface area contributed by atoms with Crippen molar-refractivity contribution in [2.75, 3.05) is 6.54 Å². The summed E-state index contributed by atoms with van der Waals surface area (Å²) in [6.07, 6.45) is 7.84. The molecule has 1 aromatic carbocycles. The molecule has 2 aromatic heterocycles. The summed E-state index contributed by atoms with van der Waals surface area (Å²) in [5.74, 6) is 1.86. The molecule has 30 heavy (non-hydrogen) atoms. The predicted octanol–water partition coefficient (Wildman–Crippen LogP) is 3.23. The molecular formula is C24H26N4O2. The summed E-state index contributed by atoms with van der Waals surface area (Å²) < 4.78 is 5.97. The molecule has 1 fully saturated rings. The number of pyridine rings is 1. The minimum absolute atomic E-state index is 0.117. The Kier molecular flexibility index (Phi) is 5.32. The van der Waals surface area contributed by atoms with Crippen molar-refractivity contribution in [3.8, 4) is 0 Å². The maximum absolute atomic E-state index is 13.1. The summed E-state index contributed by atoms with van der Waals surface area (Å²) in [6.45, 7) is 1.23. The van der Waals surface area contributed by atoms with Crippen LogP contribution in [0.15, 0.2) is 59.3 Å². The monoisotopic (exact) mass is 402 g/mol. The second-order valence-electron chi connectivity index (χ2n) is 8.11. The van der Waals surface area contributed by atoms with E-state index in [1.165, 1.54) is 11.1 Å². The highest BCUT2D eigenvalue weighted by molar-refractivity contribution is 5.82. The molecule has 2 aliphatic rings. The van der Waals surface area contributed by atoms with E-state index >= 15 is 0 Å². The van der Waals surface area contributed by atoms with E-state index in [9.17, 15) is 4.79 Å². The molecule has 6 heteroatoms. The van der Waals surface area contributed by atoms with Crippen molar-refractivity contribution >= 4 is 5.91 Å². The van der Waals surface area contributed by atoms with Crippen LogP contribution in [0.5, 0.6) is 0 Å². The van der Waals surface area contributed by atoms with Gasteiger partial charge in [0, 0.05) is 37.8 Å². The summed E-state index contributed by atoms with van der Waals surface area (Å²) in [5, 5.41) is 3.53. The van der Waals surface area contributed by atoms with E-state index < -0.39 is 0 Å². The minimum Gasteiger partial charge on any atom is -0.445 e. The van der Waals surface area contributed by atoms with Gasteiger partial charge < -0.3 is 9.32 Å². The largest absolute Gasteiger partial charge is 0.445 e. The summed E-state index contributed by atoms with van der Waals surface area (Å²) in [4.78, 5) is 23.9. The lowest BCUT2D eigenvalue weighted by atomic mass is 10.1. The third-order valence-corrected chi connectivity index (χ3v) is 6.08. The van der Waals surface area contributed by atoms with Crippen molar-refractivity contribution < 1.29 is 9.21 Å². The molecular weight excluding hydrogens is 376 g/mol. The maximum Gasteiger partial charge on any atom is 0.240 e. The van der Waals surface area contributed by atoms with Gasteiger partial charge in [-0.3, -0.25) is 15.1 Å². The molecule has 1 saturated heterocycles. The SMILES string of the molecule is O=C([C@H]1CC[C@H](c2ccccc2)N1)N1CCc2oc(CCc3cccnc3)nc2C1. The van der Waals surface area contributed by atoms with Crippen LogP contribution in [-0.4, -0.2) is 33.4 Å². The fraction of sp³-hybridized carbons (Fsp3) is 0.375. The highest BCUT2D eigenvalue weighted by atomic mass is 16.4. The Balaban J connectivity index is 1.19. The molecule has 2 aliphatic heterocycles. The quantitative estimate of drug-likeness (QED) is 0.709. The first-order valence-electron chi connectivity index (χ1n) is 10.7. The average Bonchev–Trinajstić information content (AvgIpc) is 3.45. The van der Waals surface area contributed by atoms with Gasteiger partial charge in [-0.25, -0.2) is 4.98 Å². The highest BCUT2D eigenvalue weighted by Gasteiger charge is 2.34. The molecule has 1 amide bonds. The van der Waals surface area contributed by atoms with Crippen LogP contribution in [0.2, 0.25) is 0 Å². The van der Waals surface area contributed by atoms with Gasteiger partial charge in [0.05, 0.1) is 12.6 Å². The molecule has 3 aromatic rings. The fourth-order valence-corrected chi connectivity index (χ4v) is 4.45. The van der Waals surface area contributed by atoms with Crippen molar-refractivity contribution in [2.45, 2.75) is 50.7 Å². The number of benzene rings is 1. The first kappa shape index (κ1) is 19.0. The predicted molar refractivity (Wildman–Crippen MR) is 113 cm³/mol. The lowest BCUT2D eigenvalue weighted by Crippen LogP contribution is -2.45. The van der Waals surface area contributed by atoms with E-state index in [1.807, 2.05) is 23.2 Å². The number of hydrogen-bond donors (Lipinski definition) is 1. The van der Waals surface area contributed by atoms with E-state index in [0.29, 0.717) is 13.1 Å². The van der Waals surface area contributed by atoms with Crippen LogP contribution in [0, 0.1) is 0 Å². The van der Waals surface area contributed by atoms with Crippen molar-refractivity contribution in [3.05, 3.63) is 83.3 Å². The van der Waals surface area contributed by atoms with Crippen LogP contribution in [0.1, 0.15) is 47.4 Å². The molecule has 0 aliphatic carbocycles. The van der Waals surface area contributed by atoms with E-state index in [-0.39, 0.29) is 18.0 Å². The number of amides is 1. The van der Waals surface area contributed by atoms with Gasteiger partial charge in [0.2, 0.25) is 5.91 Å². The lowest BCUT2D eigenvalue weighted by Gasteiger charge is -2.28. The fourth-order valence-electron chi connectivity index (χ4n) is 4.45. The van der Waals surface area contributed by atoms with Gasteiger partial charge in [-0.1, -0.05) is 36.4 Å². The zero-order chi connectivity index (χ0) is 20.3. The molecule has 1 N–H and O–H groups in total. The lowest BCUT2D eigenvalue weighted by molar-refractivity contribution is -0.134. The van der Waals surface area contributed by atoms with Gasteiger partial charge in [-0.2, -0.15) is 0 Å². The molecule has 154 valence electrons. The molecule has 4 heterocycles. The number of oxazole rings is 1. The molecule has 6 nitrogen and oxygen atoms in total. The first-order valence-corrected chi connectivity index (χ1v) is 10.7.